The van der Waals surface area contributed by atoms with Gasteiger partial charge in [0.05, 0.1) is 27.2 Å². The van der Waals surface area contributed by atoms with Crippen LogP contribution < -0.4 is 14.9 Å². The van der Waals surface area contributed by atoms with Crippen LogP contribution in [0.4, 0.5) is 5.69 Å². The molecule has 142 valence electrons. The molecule has 0 fully saturated rings. The van der Waals surface area contributed by atoms with E-state index in [9.17, 15) is 14.9 Å². The van der Waals surface area contributed by atoms with Gasteiger partial charge in [0.2, 0.25) is 6.79 Å². The molecule has 3 aromatic rings. The van der Waals surface area contributed by atoms with Gasteiger partial charge in [-0.15, -0.1) is 0 Å². The molecule has 2 aromatic carbocycles. The van der Waals surface area contributed by atoms with Gasteiger partial charge in [-0.05, 0) is 40.2 Å². The Kier molecular flexibility index (Phi) is 4.77. The molecular formula is C17H9Br2N3O6. The third-order valence-electron chi connectivity index (χ3n) is 3.85. The Bertz CT molecular complexity index is 1160. The number of nitrogens with zero attached hydrogens (tertiary/aromatic N) is 2. The van der Waals surface area contributed by atoms with Gasteiger partial charge in [0.1, 0.15) is 5.58 Å². The van der Waals surface area contributed by atoms with E-state index in [1.807, 2.05) is 0 Å². The molecule has 0 atom stereocenters. The number of nitrogens with one attached hydrogen (secondary N) is 1. The predicted molar refractivity (Wildman–Crippen MR) is 106 cm³/mol. The van der Waals surface area contributed by atoms with E-state index >= 15 is 0 Å². The number of nitro groups is 1. The number of carbonyl (C=O) groups excluding carboxylic acids is 1. The molecule has 1 amide bonds. The lowest BCUT2D eigenvalue weighted by molar-refractivity contribution is -0.385. The highest BCUT2D eigenvalue weighted by Crippen LogP contribution is 2.37. The van der Waals surface area contributed by atoms with Crippen LogP contribution in [0.25, 0.3) is 11.0 Å². The summed E-state index contributed by atoms with van der Waals surface area (Å²) < 4.78 is 17.4. The number of ether oxygens (including phenoxy) is 2. The van der Waals surface area contributed by atoms with E-state index in [-0.39, 0.29) is 29.6 Å². The monoisotopic (exact) mass is 509 g/mol. The fraction of sp³-hybridized carbons (Fsp3) is 0.0588. The van der Waals surface area contributed by atoms with E-state index in [0.717, 1.165) is 16.1 Å². The first kappa shape index (κ1) is 18.4. The van der Waals surface area contributed by atoms with Crippen molar-refractivity contribution in [2.75, 3.05) is 6.79 Å². The number of furan rings is 1. The maximum absolute atomic E-state index is 12.3. The number of benzene rings is 2. The number of hydrazone groups is 1. The zero-order chi connectivity index (χ0) is 19.8. The average Bonchev–Trinajstić information content (AvgIpc) is 3.27. The molecule has 0 saturated carbocycles. The number of nitro benzene ring substituents is 1. The lowest BCUT2D eigenvalue weighted by Gasteiger charge is -2.00. The van der Waals surface area contributed by atoms with E-state index in [0.29, 0.717) is 15.8 Å². The average molecular weight is 511 g/mol. The Morgan fingerprint density at radius 2 is 1.93 bits per heavy atom. The standard InChI is InChI=1S/C17H9Br2N3O6/c18-10-1-8-2-15(28-16(8)11(19)4-10)17(23)21-20-6-9-3-13-14(27-7-26-13)5-12(9)22(24)25/h1-6H,7H2,(H,21,23)/b20-6+. The SMILES string of the molecule is O=C(N/N=C/c1cc2c(cc1[N+](=O)[O-])OCO2)c1cc2cc(Br)cc(Br)c2o1. The van der Waals surface area contributed by atoms with E-state index in [2.05, 4.69) is 42.4 Å². The van der Waals surface area contributed by atoms with Crippen molar-refractivity contribution < 1.29 is 23.6 Å². The zero-order valence-electron chi connectivity index (χ0n) is 13.8. The summed E-state index contributed by atoms with van der Waals surface area (Å²) in [5.41, 5.74) is 2.74. The van der Waals surface area contributed by atoms with Crippen LogP contribution in [0.1, 0.15) is 16.1 Å². The molecule has 4 rings (SSSR count). The lowest BCUT2D eigenvalue weighted by Crippen LogP contribution is -2.16. The van der Waals surface area contributed by atoms with E-state index in [1.54, 1.807) is 18.2 Å². The first-order valence-electron chi connectivity index (χ1n) is 7.72. The van der Waals surface area contributed by atoms with Gasteiger partial charge in [-0.2, -0.15) is 5.10 Å². The summed E-state index contributed by atoms with van der Waals surface area (Å²) in [5.74, 6) is 0.1000. The third-order valence-corrected chi connectivity index (χ3v) is 4.89. The van der Waals surface area contributed by atoms with Crippen LogP contribution in [-0.2, 0) is 0 Å². The molecule has 1 aliphatic heterocycles. The van der Waals surface area contributed by atoms with Gasteiger partial charge in [0.25, 0.3) is 5.69 Å². The summed E-state index contributed by atoms with van der Waals surface area (Å²) in [4.78, 5) is 22.9. The normalized spacial score (nSPS) is 12.6. The van der Waals surface area contributed by atoms with Crippen LogP contribution in [0.2, 0.25) is 0 Å². The van der Waals surface area contributed by atoms with Crippen molar-refractivity contribution in [2.45, 2.75) is 0 Å². The molecule has 1 aliphatic rings. The van der Waals surface area contributed by atoms with Gasteiger partial charge in [-0.1, -0.05) is 15.9 Å². The van der Waals surface area contributed by atoms with Gasteiger partial charge in [0, 0.05) is 9.86 Å². The van der Waals surface area contributed by atoms with Crippen molar-refractivity contribution in [3.63, 3.8) is 0 Å². The smallest absolute Gasteiger partial charge is 0.307 e. The second-order valence-corrected chi connectivity index (χ2v) is 7.41. The Balaban J connectivity index is 1.56. The van der Waals surface area contributed by atoms with Crippen molar-refractivity contribution in [3.05, 3.63) is 60.7 Å². The van der Waals surface area contributed by atoms with Crippen molar-refractivity contribution in [3.8, 4) is 11.5 Å². The van der Waals surface area contributed by atoms with Gasteiger partial charge in [-0.3, -0.25) is 14.9 Å². The molecule has 0 saturated heterocycles. The zero-order valence-corrected chi connectivity index (χ0v) is 16.9. The molecule has 28 heavy (non-hydrogen) atoms. The Labute approximate surface area is 173 Å². The summed E-state index contributed by atoms with van der Waals surface area (Å²) in [7, 11) is 0. The number of hydrogen-bond acceptors (Lipinski definition) is 7. The fourth-order valence-corrected chi connectivity index (χ4v) is 3.95. The second kappa shape index (κ2) is 7.24. The largest absolute Gasteiger partial charge is 0.454 e. The van der Waals surface area contributed by atoms with Crippen LogP contribution in [0.5, 0.6) is 11.5 Å². The van der Waals surface area contributed by atoms with E-state index in [1.165, 1.54) is 12.1 Å². The minimum atomic E-state index is -0.598. The van der Waals surface area contributed by atoms with Crippen LogP contribution in [0.3, 0.4) is 0 Å². The number of halogens is 2. The third kappa shape index (κ3) is 3.45. The lowest BCUT2D eigenvalue weighted by atomic mass is 10.1. The van der Waals surface area contributed by atoms with Crippen molar-refractivity contribution in [1.29, 1.82) is 0 Å². The number of fused-ring (bicyclic) bond motifs is 2. The summed E-state index contributed by atoms with van der Waals surface area (Å²) in [6.45, 7) is -0.0124. The Hall–Kier alpha value is -2.92. The van der Waals surface area contributed by atoms with E-state index in [4.69, 9.17) is 13.9 Å². The fourth-order valence-electron chi connectivity index (χ4n) is 2.61. The first-order chi connectivity index (χ1) is 13.4. The molecule has 2 heterocycles. The first-order valence-corrected chi connectivity index (χ1v) is 9.31. The van der Waals surface area contributed by atoms with Crippen molar-refractivity contribution in [2.24, 2.45) is 5.10 Å². The molecule has 0 radical (unpaired) electrons. The molecule has 9 nitrogen and oxygen atoms in total. The van der Waals surface area contributed by atoms with E-state index < -0.39 is 10.8 Å². The molecule has 1 N–H and O–H groups in total. The topological polar surface area (TPSA) is 116 Å². The predicted octanol–water partition coefficient (Wildman–Crippen LogP) is 4.36. The number of rotatable bonds is 4. The molecule has 0 unspecified atom stereocenters. The van der Waals surface area contributed by atoms with Crippen LogP contribution >= 0.6 is 31.9 Å². The molecule has 0 bridgehead atoms. The minimum absolute atomic E-state index is 0.0124. The van der Waals surface area contributed by atoms with Crippen LogP contribution in [0.15, 0.2) is 48.8 Å². The maximum atomic E-state index is 12.3. The highest BCUT2D eigenvalue weighted by atomic mass is 79.9. The second-order valence-electron chi connectivity index (χ2n) is 5.64. The Morgan fingerprint density at radius 3 is 2.68 bits per heavy atom. The molecule has 0 aliphatic carbocycles. The summed E-state index contributed by atoms with van der Waals surface area (Å²) in [6.07, 6.45) is 1.16. The summed E-state index contributed by atoms with van der Waals surface area (Å²) in [6, 6.07) is 7.84. The minimum Gasteiger partial charge on any atom is -0.454 e. The van der Waals surface area contributed by atoms with Crippen LogP contribution in [-0.4, -0.2) is 23.8 Å². The highest BCUT2D eigenvalue weighted by molar-refractivity contribution is 9.11. The van der Waals surface area contributed by atoms with Crippen LogP contribution in [0, 0.1) is 10.1 Å². The van der Waals surface area contributed by atoms with Gasteiger partial charge >= 0.3 is 5.91 Å². The molecule has 0 spiro atoms. The van der Waals surface area contributed by atoms with Crippen molar-refractivity contribution in [1.82, 2.24) is 5.43 Å². The van der Waals surface area contributed by atoms with Gasteiger partial charge in [-0.25, -0.2) is 5.43 Å². The number of amides is 1. The highest BCUT2D eigenvalue weighted by Gasteiger charge is 2.22. The molecular weight excluding hydrogens is 502 g/mol. The quantitative estimate of drug-likeness (QED) is 0.316. The summed E-state index contributed by atoms with van der Waals surface area (Å²) in [5, 5.41) is 15.7. The Morgan fingerprint density at radius 1 is 1.18 bits per heavy atom. The number of carbonyl (C=O) groups is 1. The molecule has 1 aromatic heterocycles. The van der Waals surface area contributed by atoms with Gasteiger partial charge in [0.15, 0.2) is 17.3 Å². The maximum Gasteiger partial charge on any atom is 0.307 e. The van der Waals surface area contributed by atoms with Gasteiger partial charge < -0.3 is 13.9 Å². The summed E-state index contributed by atoms with van der Waals surface area (Å²) >= 11 is 6.74. The molecule has 11 heteroatoms. The van der Waals surface area contributed by atoms with Crippen molar-refractivity contribution >= 4 is 60.6 Å². The number of hydrogen-bond donors (Lipinski definition) is 1.